The van der Waals surface area contributed by atoms with Crippen molar-refractivity contribution in [2.24, 2.45) is 0 Å². The average molecular weight is 314 g/mol. The molecule has 1 unspecified atom stereocenters. The molecular weight excluding hydrogens is 292 g/mol. The van der Waals surface area contributed by atoms with Crippen molar-refractivity contribution >= 4 is 15.9 Å². The van der Waals surface area contributed by atoms with Crippen molar-refractivity contribution < 1.29 is 18.3 Å². The van der Waals surface area contributed by atoms with Crippen LogP contribution in [0.1, 0.15) is 31.1 Å². The number of carbonyl (C=O) groups is 1. The maximum absolute atomic E-state index is 12.4. The van der Waals surface area contributed by atoms with Crippen LogP contribution in [-0.2, 0) is 10.0 Å². The Morgan fingerprint density at radius 3 is 2.48 bits per heavy atom. The number of rotatable bonds is 7. The summed E-state index contributed by atoms with van der Waals surface area (Å²) in [5.74, 6) is -0.410. The fraction of sp³-hybridized carbons (Fsp3) is 0.500. The maximum Gasteiger partial charge on any atom is 0.251 e. The molecule has 1 aromatic carbocycles. The number of amides is 1. The molecule has 0 aliphatic carbocycles. The lowest BCUT2D eigenvalue weighted by molar-refractivity contribution is 0.0924. The van der Waals surface area contributed by atoms with E-state index in [0.29, 0.717) is 13.1 Å². The molecule has 0 saturated heterocycles. The number of hydrogen-bond acceptors (Lipinski definition) is 4. The number of benzene rings is 1. The van der Waals surface area contributed by atoms with Gasteiger partial charge in [-0.15, -0.1) is 0 Å². The van der Waals surface area contributed by atoms with Gasteiger partial charge >= 0.3 is 0 Å². The van der Waals surface area contributed by atoms with Crippen LogP contribution in [0.15, 0.2) is 29.2 Å². The maximum atomic E-state index is 12.4. The number of nitrogens with one attached hydrogen (secondary N) is 1. The van der Waals surface area contributed by atoms with Crippen molar-refractivity contribution in [1.82, 2.24) is 9.62 Å². The smallest absolute Gasteiger partial charge is 0.251 e. The topological polar surface area (TPSA) is 86.7 Å². The summed E-state index contributed by atoms with van der Waals surface area (Å²) in [4.78, 5) is 12.0. The van der Waals surface area contributed by atoms with Crippen molar-refractivity contribution in [2.75, 3.05) is 19.6 Å². The molecule has 0 spiro atoms. The van der Waals surface area contributed by atoms with E-state index in [0.717, 1.165) is 0 Å². The van der Waals surface area contributed by atoms with Gasteiger partial charge in [-0.2, -0.15) is 4.31 Å². The van der Waals surface area contributed by atoms with Crippen LogP contribution in [0.2, 0.25) is 0 Å². The minimum absolute atomic E-state index is 0.0934. The molecule has 6 nitrogen and oxygen atoms in total. The lowest BCUT2D eigenvalue weighted by Gasteiger charge is -2.18. The summed E-state index contributed by atoms with van der Waals surface area (Å²) >= 11 is 0. The van der Waals surface area contributed by atoms with Gasteiger partial charge in [0.25, 0.3) is 5.91 Å². The molecular formula is C14H22N2O4S. The predicted molar refractivity (Wildman–Crippen MR) is 80.6 cm³/mol. The summed E-state index contributed by atoms with van der Waals surface area (Å²) < 4.78 is 26.1. The molecule has 2 N–H and O–H groups in total. The summed E-state index contributed by atoms with van der Waals surface area (Å²) in [5, 5.41) is 11.7. The first kappa shape index (κ1) is 17.6. The highest BCUT2D eigenvalue weighted by Gasteiger charge is 2.22. The van der Waals surface area contributed by atoms with Crippen LogP contribution in [0.4, 0.5) is 0 Å². The minimum Gasteiger partial charge on any atom is -0.392 e. The summed E-state index contributed by atoms with van der Waals surface area (Å²) in [6.07, 6.45) is -0.656. The van der Waals surface area contributed by atoms with Crippen LogP contribution >= 0.6 is 0 Å². The molecule has 0 bridgehead atoms. The monoisotopic (exact) mass is 314 g/mol. The Morgan fingerprint density at radius 1 is 1.33 bits per heavy atom. The molecule has 1 aromatic rings. The highest BCUT2D eigenvalue weighted by molar-refractivity contribution is 7.89. The Kier molecular flexibility index (Phi) is 6.32. The van der Waals surface area contributed by atoms with Crippen LogP contribution in [0.3, 0.4) is 0 Å². The molecule has 0 aliphatic heterocycles. The van der Waals surface area contributed by atoms with Gasteiger partial charge in [0.15, 0.2) is 0 Å². The number of aliphatic hydroxyl groups excluding tert-OH is 1. The summed E-state index contributed by atoms with van der Waals surface area (Å²) in [6, 6.07) is 5.90. The van der Waals surface area contributed by atoms with Gasteiger partial charge in [-0.05, 0) is 25.1 Å². The second-order valence-corrected chi connectivity index (χ2v) is 6.61. The summed E-state index contributed by atoms with van der Waals surface area (Å²) in [7, 11) is -3.58. The first-order chi connectivity index (χ1) is 9.82. The molecule has 118 valence electrons. The van der Waals surface area contributed by atoms with E-state index in [4.69, 9.17) is 5.11 Å². The number of nitrogens with zero attached hydrogens (tertiary/aromatic N) is 1. The second-order valence-electron chi connectivity index (χ2n) is 4.68. The summed E-state index contributed by atoms with van der Waals surface area (Å²) in [5.41, 5.74) is 0.254. The van der Waals surface area contributed by atoms with Crippen molar-refractivity contribution in [3.05, 3.63) is 29.8 Å². The van der Waals surface area contributed by atoms with E-state index in [1.54, 1.807) is 26.8 Å². The van der Waals surface area contributed by atoms with E-state index >= 15 is 0 Å². The SMILES string of the molecule is CCN(CC)S(=O)(=O)c1cccc(C(=O)NCC(C)O)c1. The molecule has 21 heavy (non-hydrogen) atoms. The van der Waals surface area contributed by atoms with E-state index in [-0.39, 0.29) is 17.0 Å². The fourth-order valence-electron chi connectivity index (χ4n) is 1.85. The van der Waals surface area contributed by atoms with Crippen LogP contribution in [-0.4, -0.2) is 49.5 Å². The molecule has 0 fully saturated rings. The molecule has 0 aromatic heterocycles. The normalized spacial score (nSPS) is 13.2. The van der Waals surface area contributed by atoms with Gasteiger partial charge in [0.2, 0.25) is 10.0 Å². The van der Waals surface area contributed by atoms with Gasteiger partial charge in [-0.3, -0.25) is 4.79 Å². The quantitative estimate of drug-likeness (QED) is 0.780. The molecule has 1 atom stereocenters. The molecule has 7 heteroatoms. The van der Waals surface area contributed by atoms with Gasteiger partial charge in [-0.1, -0.05) is 19.9 Å². The zero-order chi connectivity index (χ0) is 16.0. The third kappa shape index (κ3) is 4.52. The number of sulfonamides is 1. The fourth-order valence-corrected chi connectivity index (χ4v) is 3.36. The Bertz CT molecular complexity index is 580. The molecule has 0 saturated carbocycles. The second kappa shape index (κ2) is 7.53. The third-order valence-electron chi connectivity index (χ3n) is 3.00. The van der Waals surface area contributed by atoms with E-state index in [1.165, 1.54) is 22.5 Å². The Hall–Kier alpha value is -1.44. The standard InChI is InChI=1S/C14H22N2O4S/c1-4-16(5-2)21(19,20)13-8-6-7-12(9-13)14(18)15-10-11(3)17/h6-9,11,17H,4-5,10H2,1-3H3,(H,15,18). The average Bonchev–Trinajstić information content (AvgIpc) is 2.45. The summed E-state index contributed by atoms with van der Waals surface area (Å²) in [6.45, 7) is 5.95. The van der Waals surface area contributed by atoms with Gasteiger partial charge in [0, 0.05) is 25.2 Å². The highest BCUT2D eigenvalue weighted by Crippen LogP contribution is 2.16. The molecule has 0 heterocycles. The van der Waals surface area contributed by atoms with E-state index < -0.39 is 22.0 Å². The van der Waals surface area contributed by atoms with Crippen molar-refractivity contribution in [3.8, 4) is 0 Å². The largest absolute Gasteiger partial charge is 0.392 e. The van der Waals surface area contributed by atoms with Gasteiger partial charge in [0.05, 0.1) is 11.0 Å². The third-order valence-corrected chi connectivity index (χ3v) is 5.04. The van der Waals surface area contributed by atoms with Crippen molar-refractivity contribution in [2.45, 2.75) is 31.8 Å². The van der Waals surface area contributed by atoms with Crippen LogP contribution < -0.4 is 5.32 Å². The molecule has 0 radical (unpaired) electrons. The Morgan fingerprint density at radius 2 is 1.95 bits per heavy atom. The predicted octanol–water partition coefficient (Wildman–Crippen LogP) is 0.828. The van der Waals surface area contributed by atoms with Crippen molar-refractivity contribution in [3.63, 3.8) is 0 Å². The lowest BCUT2D eigenvalue weighted by atomic mass is 10.2. The zero-order valence-electron chi connectivity index (χ0n) is 12.5. The first-order valence-electron chi connectivity index (χ1n) is 6.89. The van der Waals surface area contributed by atoms with Gasteiger partial charge < -0.3 is 10.4 Å². The van der Waals surface area contributed by atoms with Crippen LogP contribution in [0, 0.1) is 0 Å². The van der Waals surface area contributed by atoms with E-state index in [1.807, 2.05) is 0 Å². The lowest BCUT2D eigenvalue weighted by Crippen LogP contribution is -2.32. The van der Waals surface area contributed by atoms with Gasteiger partial charge in [-0.25, -0.2) is 8.42 Å². The Balaban J connectivity index is 3.03. The number of carbonyl (C=O) groups excluding carboxylic acids is 1. The Labute approximate surface area is 125 Å². The van der Waals surface area contributed by atoms with E-state index in [9.17, 15) is 13.2 Å². The molecule has 0 aliphatic rings. The minimum atomic E-state index is -3.58. The highest BCUT2D eigenvalue weighted by atomic mass is 32.2. The van der Waals surface area contributed by atoms with Crippen LogP contribution in [0.25, 0.3) is 0 Å². The first-order valence-corrected chi connectivity index (χ1v) is 8.33. The molecule has 1 rings (SSSR count). The molecule has 1 amide bonds. The van der Waals surface area contributed by atoms with Crippen molar-refractivity contribution in [1.29, 1.82) is 0 Å². The van der Waals surface area contributed by atoms with Crippen LogP contribution in [0.5, 0.6) is 0 Å². The number of hydrogen-bond donors (Lipinski definition) is 2. The number of aliphatic hydroxyl groups is 1. The van der Waals surface area contributed by atoms with E-state index in [2.05, 4.69) is 5.32 Å². The van der Waals surface area contributed by atoms with Gasteiger partial charge in [0.1, 0.15) is 0 Å². The zero-order valence-corrected chi connectivity index (χ0v) is 13.4.